The molecule has 1 aliphatic heterocycles. The molecule has 1 aliphatic rings. The second kappa shape index (κ2) is 6.15. The van der Waals surface area contributed by atoms with Crippen LogP contribution in [0.3, 0.4) is 0 Å². The maximum absolute atomic E-state index is 12.7. The monoisotopic (exact) mass is 345 g/mol. The van der Waals surface area contributed by atoms with Gasteiger partial charge in [-0.3, -0.25) is 14.5 Å². The van der Waals surface area contributed by atoms with Crippen LogP contribution in [0.4, 0.5) is 11.5 Å². The first kappa shape index (κ1) is 16.1. The molecule has 0 spiro atoms. The Morgan fingerprint density at radius 1 is 1.19 bits per heavy atom. The highest BCUT2D eigenvalue weighted by Gasteiger charge is 2.29. The zero-order valence-corrected chi connectivity index (χ0v) is 14.9. The number of hydrogen-bond acceptors (Lipinski definition) is 4. The number of benzene rings is 1. The molecule has 1 aromatic carbocycles. The lowest BCUT2D eigenvalue weighted by molar-refractivity contribution is -0.110. The molecule has 4 rings (SSSR count). The van der Waals surface area contributed by atoms with Gasteiger partial charge >= 0.3 is 0 Å². The summed E-state index contributed by atoms with van der Waals surface area (Å²) >= 11 is 0. The van der Waals surface area contributed by atoms with Crippen molar-refractivity contribution >= 4 is 23.0 Å². The van der Waals surface area contributed by atoms with Crippen LogP contribution in [-0.2, 0) is 11.8 Å². The first-order chi connectivity index (χ1) is 12.5. The molecule has 1 amide bonds. The maximum Gasteiger partial charge on any atom is 0.258 e. The van der Waals surface area contributed by atoms with Crippen LogP contribution < -0.4 is 10.6 Å². The van der Waals surface area contributed by atoms with Gasteiger partial charge in [-0.05, 0) is 37.1 Å². The average molecular weight is 345 g/mol. The Morgan fingerprint density at radius 2 is 2.04 bits per heavy atom. The largest absolute Gasteiger partial charge is 0.342 e. The topological polar surface area (TPSA) is 71.8 Å². The minimum Gasteiger partial charge on any atom is -0.342 e. The van der Waals surface area contributed by atoms with Gasteiger partial charge in [0.25, 0.3) is 5.91 Å². The van der Waals surface area contributed by atoms with Crippen molar-refractivity contribution in [3.8, 4) is 11.1 Å². The van der Waals surface area contributed by atoms with Crippen molar-refractivity contribution < 1.29 is 4.79 Å². The summed E-state index contributed by atoms with van der Waals surface area (Å²) in [5.74, 6) is 0.587. The number of nitrogens with zero attached hydrogens (tertiary/aromatic N) is 3. The fourth-order valence-electron chi connectivity index (χ4n) is 3.29. The van der Waals surface area contributed by atoms with Crippen molar-refractivity contribution in [3.05, 3.63) is 65.7 Å². The van der Waals surface area contributed by atoms with Crippen molar-refractivity contribution in [3.63, 3.8) is 0 Å². The summed E-state index contributed by atoms with van der Waals surface area (Å²) in [6.45, 7) is 3.94. The average Bonchev–Trinajstić information content (AvgIpc) is 3.17. The lowest BCUT2D eigenvalue weighted by Crippen LogP contribution is -2.09. The van der Waals surface area contributed by atoms with Crippen LogP contribution in [0, 0.1) is 6.92 Å². The molecule has 130 valence electrons. The maximum atomic E-state index is 12.7. The second-order valence-corrected chi connectivity index (χ2v) is 6.37. The molecular weight excluding hydrogens is 326 g/mol. The SMILES string of the molecule is C/C(Nc1ccn(C)n1)=C1/C(=O)Nc2cccc(-c3cnccc3C)c21. The molecule has 0 aliphatic carbocycles. The van der Waals surface area contributed by atoms with Crippen molar-refractivity contribution in [1.29, 1.82) is 0 Å². The fourth-order valence-corrected chi connectivity index (χ4v) is 3.29. The highest BCUT2D eigenvalue weighted by molar-refractivity contribution is 6.34. The van der Waals surface area contributed by atoms with E-state index < -0.39 is 0 Å². The molecule has 2 aromatic heterocycles. The third kappa shape index (κ3) is 2.65. The lowest BCUT2D eigenvalue weighted by Gasteiger charge is -2.13. The summed E-state index contributed by atoms with van der Waals surface area (Å²) in [5, 5.41) is 10.5. The van der Waals surface area contributed by atoms with E-state index in [0.29, 0.717) is 11.4 Å². The molecule has 6 nitrogen and oxygen atoms in total. The third-order valence-corrected chi connectivity index (χ3v) is 4.52. The van der Waals surface area contributed by atoms with Gasteiger partial charge in [0.15, 0.2) is 5.82 Å². The minimum absolute atomic E-state index is 0.116. The Hall–Kier alpha value is -3.41. The molecule has 0 bridgehead atoms. The molecule has 0 fully saturated rings. The highest BCUT2D eigenvalue weighted by Crippen LogP contribution is 2.41. The van der Waals surface area contributed by atoms with E-state index in [9.17, 15) is 4.79 Å². The number of rotatable bonds is 3. The number of allylic oxidation sites excluding steroid dienone is 1. The van der Waals surface area contributed by atoms with E-state index in [4.69, 9.17) is 0 Å². The van der Waals surface area contributed by atoms with Crippen molar-refractivity contribution in [2.45, 2.75) is 13.8 Å². The van der Waals surface area contributed by atoms with E-state index in [1.165, 1.54) is 0 Å². The predicted molar refractivity (Wildman–Crippen MR) is 102 cm³/mol. The lowest BCUT2D eigenvalue weighted by atomic mass is 9.93. The molecule has 0 saturated carbocycles. The fraction of sp³-hybridized carbons (Fsp3) is 0.150. The number of pyridine rings is 1. The van der Waals surface area contributed by atoms with Crippen LogP contribution in [0.1, 0.15) is 18.1 Å². The summed E-state index contributed by atoms with van der Waals surface area (Å²) in [6, 6.07) is 9.74. The van der Waals surface area contributed by atoms with E-state index in [1.54, 1.807) is 10.9 Å². The number of aromatic nitrogens is 3. The summed E-state index contributed by atoms with van der Waals surface area (Å²) in [6.07, 6.45) is 5.47. The van der Waals surface area contributed by atoms with E-state index >= 15 is 0 Å². The van der Waals surface area contributed by atoms with Crippen LogP contribution >= 0.6 is 0 Å². The number of hydrogen-bond donors (Lipinski definition) is 2. The number of anilines is 2. The summed E-state index contributed by atoms with van der Waals surface area (Å²) in [4.78, 5) is 16.9. The van der Waals surface area contributed by atoms with Gasteiger partial charge in [-0.25, -0.2) is 0 Å². The van der Waals surface area contributed by atoms with Gasteiger partial charge in [0.1, 0.15) is 0 Å². The van der Waals surface area contributed by atoms with Crippen LogP contribution in [-0.4, -0.2) is 20.7 Å². The van der Waals surface area contributed by atoms with Crippen LogP contribution in [0.15, 0.2) is 54.6 Å². The summed E-state index contributed by atoms with van der Waals surface area (Å²) < 4.78 is 1.72. The summed E-state index contributed by atoms with van der Waals surface area (Å²) in [5.41, 5.74) is 6.22. The smallest absolute Gasteiger partial charge is 0.258 e. The molecule has 0 saturated heterocycles. The predicted octanol–water partition coefficient (Wildman–Crippen LogP) is 3.59. The number of carbonyl (C=O) groups excluding carboxylic acids is 1. The zero-order chi connectivity index (χ0) is 18.3. The van der Waals surface area contributed by atoms with E-state index in [-0.39, 0.29) is 5.91 Å². The van der Waals surface area contributed by atoms with Gasteiger partial charge in [0.05, 0.1) is 5.57 Å². The molecule has 2 N–H and O–H groups in total. The van der Waals surface area contributed by atoms with Crippen LogP contribution in [0.5, 0.6) is 0 Å². The molecule has 3 heterocycles. The van der Waals surface area contributed by atoms with Crippen molar-refractivity contribution in [1.82, 2.24) is 14.8 Å². The van der Waals surface area contributed by atoms with Gasteiger partial charge in [-0.1, -0.05) is 12.1 Å². The van der Waals surface area contributed by atoms with Gasteiger partial charge in [-0.15, -0.1) is 0 Å². The Labute approximate surface area is 151 Å². The number of amides is 1. The molecule has 26 heavy (non-hydrogen) atoms. The first-order valence-corrected chi connectivity index (χ1v) is 8.38. The molecule has 3 aromatic rings. The van der Waals surface area contributed by atoms with Crippen LogP contribution in [0.25, 0.3) is 16.7 Å². The Bertz CT molecular complexity index is 1050. The quantitative estimate of drug-likeness (QED) is 0.712. The Balaban J connectivity index is 1.87. The highest BCUT2D eigenvalue weighted by atomic mass is 16.2. The molecule has 0 unspecified atom stereocenters. The molecular formula is C20H19N5O. The van der Waals surface area contributed by atoms with E-state index in [2.05, 4.69) is 20.7 Å². The van der Waals surface area contributed by atoms with Crippen molar-refractivity contribution in [2.75, 3.05) is 10.6 Å². The zero-order valence-electron chi connectivity index (χ0n) is 14.9. The van der Waals surface area contributed by atoms with Gasteiger partial charge in [0, 0.05) is 54.2 Å². The minimum atomic E-state index is -0.116. The molecule has 6 heteroatoms. The number of aryl methyl sites for hydroxylation is 2. The standard InChI is InChI=1S/C20H19N5O/c1-12-7-9-21-11-15(12)14-5-4-6-16-19(14)18(20(26)23-16)13(2)22-17-8-10-25(3)24-17/h4-11H,1-3H3,(H,22,24)(H,23,26)/b18-13-. The Morgan fingerprint density at radius 3 is 2.77 bits per heavy atom. The number of fused-ring (bicyclic) bond motifs is 1. The first-order valence-electron chi connectivity index (χ1n) is 8.38. The second-order valence-electron chi connectivity index (χ2n) is 6.37. The normalized spacial score (nSPS) is 14.8. The number of carbonyl (C=O) groups is 1. The van der Waals surface area contributed by atoms with E-state index in [1.807, 2.05) is 63.6 Å². The van der Waals surface area contributed by atoms with Crippen LogP contribution in [0.2, 0.25) is 0 Å². The van der Waals surface area contributed by atoms with Gasteiger partial charge in [0.2, 0.25) is 0 Å². The van der Waals surface area contributed by atoms with Gasteiger partial charge in [-0.2, -0.15) is 5.10 Å². The summed E-state index contributed by atoms with van der Waals surface area (Å²) in [7, 11) is 1.86. The van der Waals surface area contributed by atoms with Crippen molar-refractivity contribution in [2.24, 2.45) is 7.05 Å². The Kier molecular flexibility index (Phi) is 3.80. The molecule has 0 radical (unpaired) electrons. The third-order valence-electron chi connectivity index (χ3n) is 4.52. The molecule has 0 atom stereocenters. The van der Waals surface area contributed by atoms with E-state index in [0.717, 1.165) is 33.6 Å². The number of nitrogens with one attached hydrogen (secondary N) is 2. The van der Waals surface area contributed by atoms with Gasteiger partial charge < -0.3 is 10.6 Å².